The van der Waals surface area contributed by atoms with E-state index in [1.807, 2.05) is 13.0 Å². The first kappa shape index (κ1) is 16.4. The summed E-state index contributed by atoms with van der Waals surface area (Å²) in [6.45, 7) is 4.26. The molecular weight excluding hydrogens is 311 g/mol. The maximum atomic E-state index is 13.1. The summed E-state index contributed by atoms with van der Waals surface area (Å²) in [5, 5.41) is 7.17. The van der Waals surface area contributed by atoms with Gasteiger partial charge in [0.25, 0.3) is 0 Å². The second-order valence-electron chi connectivity index (χ2n) is 6.05. The van der Waals surface area contributed by atoms with E-state index in [1.54, 1.807) is 24.1 Å². The summed E-state index contributed by atoms with van der Waals surface area (Å²) in [6, 6.07) is 7.87. The molecule has 0 bridgehead atoms. The quantitative estimate of drug-likeness (QED) is 0.921. The van der Waals surface area contributed by atoms with Crippen LogP contribution in [-0.4, -0.2) is 48.7 Å². The molecule has 1 aliphatic rings. The molecule has 0 saturated carbocycles. The third-order valence-corrected chi connectivity index (χ3v) is 4.12. The largest absolute Gasteiger partial charge is 0.368 e. The molecule has 1 amide bonds. The average molecular weight is 332 g/mol. The van der Waals surface area contributed by atoms with Crippen molar-refractivity contribution in [3.63, 3.8) is 0 Å². The van der Waals surface area contributed by atoms with Crippen LogP contribution >= 0.6 is 0 Å². The fraction of sp³-hybridized carbons (Fsp3) is 0.412. The Morgan fingerprint density at radius 1 is 1.46 bits per heavy atom. The minimum Gasteiger partial charge on any atom is -0.368 e. The van der Waals surface area contributed by atoms with Gasteiger partial charge in [0.2, 0.25) is 5.91 Å². The summed E-state index contributed by atoms with van der Waals surface area (Å²) in [4.78, 5) is 16.4. The van der Waals surface area contributed by atoms with Crippen molar-refractivity contribution in [1.82, 2.24) is 15.4 Å². The topological polar surface area (TPSA) is 61.6 Å². The van der Waals surface area contributed by atoms with Gasteiger partial charge in [-0.05, 0) is 31.2 Å². The van der Waals surface area contributed by atoms with Crippen molar-refractivity contribution < 1.29 is 13.7 Å². The normalized spacial score (nSPS) is 17.8. The summed E-state index contributed by atoms with van der Waals surface area (Å²) in [7, 11) is 1.75. The number of amides is 1. The molecule has 0 unspecified atom stereocenters. The van der Waals surface area contributed by atoms with Crippen molar-refractivity contribution in [3.05, 3.63) is 47.6 Å². The number of likely N-dealkylation sites (N-methyl/N-ethyl adjacent to an activating group) is 1. The number of benzene rings is 1. The molecule has 2 heterocycles. The van der Waals surface area contributed by atoms with E-state index in [9.17, 15) is 9.18 Å². The SMILES string of the molecule is Cc1cc(CN(C)C(=O)[C@@H]2CN(c3ccc(F)cc3)CCN2)no1. The van der Waals surface area contributed by atoms with Crippen LogP contribution in [0.4, 0.5) is 10.1 Å². The molecule has 1 saturated heterocycles. The highest BCUT2D eigenvalue weighted by Gasteiger charge is 2.28. The Bertz CT molecular complexity index is 701. The van der Waals surface area contributed by atoms with Crippen LogP contribution in [0.1, 0.15) is 11.5 Å². The monoisotopic (exact) mass is 332 g/mol. The average Bonchev–Trinajstić information content (AvgIpc) is 3.00. The van der Waals surface area contributed by atoms with Crippen LogP contribution in [0.5, 0.6) is 0 Å². The fourth-order valence-corrected chi connectivity index (χ4v) is 2.88. The number of anilines is 1. The highest BCUT2D eigenvalue weighted by atomic mass is 19.1. The minimum absolute atomic E-state index is 0.00228. The predicted octanol–water partition coefficient (Wildman–Crippen LogP) is 1.56. The van der Waals surface area contributed by atoms with Crippen LogP contribution in [0.3, 0.4) is 0 Å². The van der Waals surface area contributed by atoms with E-state index < -0.39 is 0 Å². The molecule has 1 N–H and O–H groups in total. The van der Waals surface area contributed by atoms with E-state index in [1.165, 1.54) is 12.1 Å². The van der Waals surface area contributed by atoms with E-state index in [-0.39, 0.29) is 17.8 Å². The molecule has 0 radical (unpaired) electrons. The van der Waals surface area contributed by atoms with Crippen LogP contribution in [0.25, 0.3) is 0 Å². The maximum absolute atomic E-state index is 13.1. The Balaban J connectivity index is 1.63. The zero-order chi connectivity index (χ0) is 17.1. The lowest BCUT2D eigenvalue weighted by Gasteiger charge is -2.36. The second-order valence-corrected chi connectivity index (χ2v) is 6.05. The van der Waals surface area contributed by atoms with Gasteiger partial charge in [-0.1, -0.05) is 5.16 Å². The predicted molar refractivity (Wildman–Crippen MR) is 88.1 cm³/mol. The van der Waals surface area contributed by atoms with Crippen molar-refractivity contribution in [3.8, 4) is 0 Å². The number of carbonyl (C=O) groups excluding carboxylic acids is 1. The van der Waals surface area contributed by atoms with Gasteiger partial charge in [-0.2, -0.15) is 0 Å². The lowest BCUT2D eigenvalue weighted by atomic mass is 10.1. The summed E-state index contributed by atoms with van der Waals surface area (Å²) in [6.07, 6.45) is 0. The molecule has 1 atom stereocenters. The molecule has 1 fully saturated rings. The van der Waals surface area contributed by atoms with Crippen molar-refractivity contribution in [1.29, 1.82) is 0 Å². The number of aryl methyl sites for hydroxylation is 1. The van der Waals surface area contributed by atoms with E-state index in [0.29, 0.717) is 19.6 Å². The Labute approximate surface area is 140 Å². The molecule has 24 heavy (non-hydrogen) atoms. The molecular formula is C17H21FN4O2. The van der Waals surface area contributed by atoms with Gasteiger partial charge in [-0.25, -0.2) is 4.39 Å². The van der Waals surface area contributed by atoms with Crippen LogP contribution in [-0.2, 0) is 11.3 Å². The summed E-state index contributed by atoms with van der Waals surface area (Å²) >= 11 is 0. The van der Waals surface area contributed by atoms with E-state index in [4.69, 9.17) is 4.52 Å². The van der Waals surface area contributed by atoms with Crippen LogP contribution in [0.15, 0.2) is 34.9 Å². The number of aromatic nitrogens is 1. The number of nitrogens with one attached hydrogen (secondary N) is 1. The standard InChI is InChI=1S/C17H21FN4O2/c1-12-9-14(20-24-12)10-21(2)17(23)16-11-22(8-7-19-16)15-5-3-13(18)4-6-15/h3-6,9,16,19H,7-8,10-11H2,1-2H3/t16-/m0/s1. The Hall–Kier alpha value is -2.41. The van der Waals surface area contributed by atoms with Crippen LogP contribution in [0.2, 0.25) is 0 Å². The van der Waals surface area contributed by atoms with E-state index in [0.717, 1.165) is 23.7 Å². The maximum Gasteiger partial charge on any atom is 0.241 e. The van der Waals surface area contributed by atoms with Gasteiger partial charge >= 0.3 is 0 Å². The highest BCUT2D eigenvalue weighted by molar-refractivity contribution is 5.82. The number of hydrogen-bond donors (Lipinski definition) is 1. The van der Waals surface area contributed by atoms with Gasteiger partial charge < -0.3 is 19.6 Å². The summed E-state index contributed by atoms with van der Waals surface area (Å²) in [5.74, 6) is 0.468. The number of hydrogen-bond acceptors (Lipinski definition) is 5. The number of rotatable bonds is 4. The summed E-state index contributed by atoms with van der Waals surface area (Å²) in [5.41, 5.74) is 1.65. The Kier molecular flexibility index (Phi) is 4.80. The first-order valence-corrected chi connectivity index (χ1v) is 7.94. The van der Waals surface area contributed by atoms with Crippen molar-refractivity contribution >= 4 is 11.6 Å². The van der Waals surface area contributed by atoms with E-state index >= 15 is 0 Å². The first-order valence-electron chi connectivity index (χ1n) is 7.94. The molecule has 3 rings (SSSR count). The van der Waals surface area contributed by atoms with Crippen LogP contribution < -0.4 is 10.2 Å². The Morgan fingerprint density at radius 3 is 2.88 bits per heavy atom. The first-order chi connectivity index (χ1) is 11.5. The number of nitrogens with zero attached hydrogens (tertiary/aromatic N) is 3. The molecule has 128 valence electrons. The van der Waals surface area contributed by atoms with Crippen molar-refractivity contribution in [2.75, 3.05) is 31.6 Å². The third kappa shape index (κ3) is 3.73. The number of halogens is 1. The molecule has 0 aliphatic carbocycles. The zero-order valence-corrected chi connectivity index (χ0v) is 13.8. The molecule has 0 spiro atoms. The Morgan fingerprint density at radius 2 is 2.21 bits per heavy atom. The molecule has 7 heteroatoms. The number of piperazine rings is 1. The van der Waals surface area contributed by atoms with Gasteiger partial charge in [0, 0.05) is 38.4 Å². The fourth-order valence-electron chi connectivity index (χ4n) is 2.88. The van der Waals surface area contributed by atoms with E-state index in [2.05, 4.69) is 15.4 Å². The molecule has 2 aromatic rings. The minimum atomic E-state index is -0.304. The van der Waals surface area contributed by atoms with Gasteiger partial charge in [0.15, 0.2) is 0 Å². The van der Waals surface area contributed by atoms with Gasteiger partial charge in [0.1, 0.15) is 23.3 Å². The lowest BCUT2D eigenvalue weighted by Crippen LogP contribution is -2.57. The van der Waals surface area contributed by atoms with Crippen LogP contribution in [0, 0.1) is 12.7 Å². The zero-order valence-electron chi connectivity index (χ0n) is 13.8. The smallest absolute Gasteiger partial charge is 0.241 e. The van der Waals surface area contributed by atoms with Crippen molar-refractivity contribution in [2.45, 2.75) is 19.5 Å². The molecule has 1 aromatic heterocycles. The molecule has 1 aliphatic heterocycles. The molecule has 6 nitrogen and oxygen atoms in total. The summed E-state index contributed by atoms with van der Waals surface area (Å²) < 4.78 is 18.1. The van der Waals surface area contributed by atoms with Gasteiger partial charge in [-0.15, -0.1) is 0 Å². The lowest BCUT2D eigenvalue weighted by molar-refractivity contribution is -0.132. The van der Waals surface area contributed by atoms with Crippen molar-refractivity contribution in [2.24, 2.45) is 0 Å². The third-order valence-electron chi connectivity index (χ3n) is 4.12. The number of carbonyl (C=O) groups is 1. The second kappa shape index (κ2) is 7.00. The van der Waals surface area contributed by atoms with Gasteiger partial charge in [-0.3, -0.25) is 4.79 Å². The highest BCUT2D eigenvalue weighted by Crippen LogP contribution is 2.17. The van der Waals surface area contributed by atoms with Gasteiger partial charge in [0.05, 0.1) is 6.54 Å². The molecule has 1 aromatic carbocycles.